The Morgan fingerprint density at radius 2 is 1.50 bits per heavy atom. The highest BCUT2D eigenvalue weighted by Crippen LogP contribution is 2.46. The van der Waals surface area contributed by atoms with Gasteiger partial charge in [-0.1, -0.05) is 64.2 Å². The number of carbonyl (C=O) groups excluding carboxylic acids is 2. The Hall–Kier alpha value is -2.25. The maximum absolute atomic E-state index is 15.7. The van der Waals surface area contributed by atoms with E-state index in [1.165, 1.54) is 82.6 Å². The molecule has 3 aliphatic rings. The molecule has 7 heteroatoms. The fourth-order valence-electron chi connectivity index (χ4n) is 8.90. The monoisotopic (exact) mass is 670 g/mol. The molecule has 0 spiro atoms. The van der Waals surface area contributed by atoms with Gasteiger partial charge in [0.2, 0.25) is 0 Å². The predicted molar refractivity (Wildman–Crippen MR) is 188 cm³/mol. The van der Waals surface area contributed by atoms with Crippen LogP contribution in [0.3, 0.4) is 0 Å². The van der Waals surface area contributed by atoms with Gasteiger partial charge >= 0.3 is 11.9 Å². The summed E-state index contributed by atoms with van der Waals surface area (Å²) in [7, 11) is 1.54. The molecule has 4 rings (SSSR count). The molecule has 270 valence electrons. The molecule has 0 bridgehead atoms. The van der Waals surface area contributed by atoms with Crippen molar-refractivity contribution in [3.63, 3.8) is 0 Å². The number of hydrogen-bond donors (Lipinski definition) is 1. The molecule has 0 heterocycles. The molecule has 0 aliphatic heterocycles. The maximum Gasteiger partial charge on any atom is 0.335 e. The Kier molecular flexibility index (Phi) is 15.9. The summed E-state index contributed by atoms with van der Waals surface area (Å²) < 4.78 is 31.8. The summed E-state index contributed by atoms with van der Waals surface area (Å²) in [5.74, 6) is 1.83. The Morgan fingerprint density at radius 3 is 2.10 bits per heavy atom. The van der Waals surface area contributed by atoms with Crippen LogP contribution in [0.5, 0.6) is 0 Å². The van der Waals surface area contributed by atoms with Gasteiger partial charge in [-0.25, -0.2) is 9.18 Å². The summed E-state index contributed by atoms with van der Waals surface area (Å²) in [5, 5.41) is 9.24. The van der Waals surface area contributed by atoms with Gasteiger partial charge in [0.15, 0.2) is 0 Å². The standard InChI is InChI=1S/C41H63FO6/c1-5-6-7-8-30-9-11-31(12-10-30)32-13-15-33(16-14-32)36-21-22-38(39(42)23-36)35-19-17-34(18-20-35)37(26-47-40(44)28(2)24-43)27-48-41(45)29(3)25-46-4/h21-23,29-35,37,43H,2,5-20,24-27H2,1,3-4H3. The summed E-state index contributed by atoms with van der Waals surface area (Å²) in [6.45, 7) is 7.60. The van der Waals surface area contributed by atoms with Gasteiger partial charge in [0.1, 0.15) is 5.82 Å². The number of halogens is 1. The number of unbranched alkanes of at least 4 members (excludes halogenated alkanes) is 2. The summed E-state index contributed by atoms with van der Waals surface area (Å²) in [6, 6.07) is 6.05. The second-order valence-electron chi connectivity index (χ2n) is 15.4. The lowest BCUT2D eigenvalue weighted by atomic mass is 9.68. The van der Waals surface area contributed by atoms with Crippen LogP contribution in [0.15, 0.2) is 30.4 Å². The minimum atomic E-state index is -0.647. The van der Waals surface area contributed by atoms with Crippen molar-refractivity contribution in [3.05, 3.63) is 47.3 Å². The van der Waals surface area contributed by atoms with Crippen molar-refractivity contribution >= 4 is 11.9 Å². The number of benzene rings is 1. The van der Waals surface area contributed by atoms with Gasteiger partial charge in [0.05, 0.1) is 37.9 Å². The molecule has 48 heavy (non-hydrogen) atoms. The van der Waals surface area contributed by atoms with Gasteiger partial charge in [-0.2, -0.15) is 0 Å². The fraction of sp³-hybridized carbons (Fsp3) is 0.756. The number of ether oxygens (including phenoxy) is 3. The van der Waals surface area contributed by atoms with Gasteiger partial charge in [-0.15, -0.1) is 0 Å². The third kappa shape index (κ3) is 11.1. The highest BCUT2D eigenvalue weighted by atomic mass is 19.1. The quantitative estimate of drug-likeness (QED) is 0.101. The highest BCUT2D eigenvalue weighted by molar-refractivity contribution is 5.87. The highest BCUT2D eigenvalue weighted by Gasteiger charge is 2.34. The van der Waals surface area contributed by atoms with Crippen molar-refractivity contribution in [1.82, 2.24) is 0 Å². The summed E-state index contributed by atoms with van der Waals surface area (Å²) in [4.78, 5) is 24.7. The first kappa shape index (κ1) is 38.6. The van der Waals surface area contributed by atoms with Crippen LogP contribution in [0.25, 0.3) is 0 Å². The van der Waals surface area contributed by atoms with Crippen LogP contribution in [0, 0.1) is 41.3 Å². The minimum Gasteiger partial charge on any atom is -0.465 e. The van der Waals surface area contributed by atoms with E-state index < -0.39 is 18.5 Å². The Bertz CT molecular complexity index is 1140. The van der Waals surface area contributed by atoms with Crippen molar-refractivity contribution in [2.75, 3.05) is 33.5 Å². The largest absolute Gasteiger partial charge is 0.465 e. The van der Waals surface area contributed by atoms with Gasteiger partial charge in [-0.3, -0.25) is 4.79 Å². The SMILES string of the molecule is C=C(CO)C(=O)OCC(COC(=O)C(C)COC)C1CCC(c2ccc(C3CCC(C4CCC(CCCCC)CC4)CC3)cc2F)CC1. The number of rotatable bonds is 17. The molecular formula is C41H63FO6. The topological polar surface area (TPSA) is 82.1 Å². The molecule has 6 nitrogen and oxygen atoms in total. The van der Waals surface area contributed by atoms with Gasteiger partial charge in [0, 0.05) is 13.0 Å². The first-order chi connectivity index (χ1) is 23.2. The van der Waals surface area contributed by atoms with E-state index in [9.17, 15) is 14.7 Å². The number of hydrogen-bond acceptors (Lipinski definition) is 6. The van der Waals surface area contributed by atoms with Crippen molar-refractivity contribution in [3.8, 4) is 0 Å². The van der Waals surface area contributed by atoms with E-state index in [0.29, 0.717) is 5.92 Å². The molecule has 0 saturated heterocycles. The second kappa shape index (κ2) is 19.8. The van der Waals surface area contributed by atoms with Gasteiger partial charge < -0.3 is 19.3 Å². The first-order valence-electron chi connectivity index (χ1n) is 19.1. The molecule has 1 aromatic rings. The third-order valence-electron chi connectivity index (χ3n) is 12.1. The zero-order valence-electron chi connectivity index (χ0n) is 30.1. The van der Waals surface area contributed by atoms with Crippen molar-refractivity contribution in [2.45, 2.75) is 128 Å². The number of carbonyl (C=O) groups is 2. The van der Waals surface area contributed by atoms with E-state index in [0.717, 1.165) is 49.0 Å². The molecule has 0 radical (unpaired) electrons. The lowest BCUT2D eigenvalue weighted by Gasteiger charge is -2.38. The van der Waals surface area contributed by atoms with Crippen molar-refractivity contribution in [1.29, 1.82) is 0 Å². The Morgan fingerprint density at radius 1 is 0.875 bits per heavy atom. The number of methoxy groups -OCH3 is 1. The zero-order chi connectivity index (χ0) is 34.5. The van der Waals surface area contributed by atoms with E-state index >= 15 is 4.39 Å². The predicted octanol–water partition coefficient (Wildman–Crippen LogP) is 9.29. The average molecular weight is 671 g/mol. The summed E-state index contributed by atoms with van der Waals surface area (Å²) in [5.41, 5.74) is 1.97. The fourth-order valence-corrected chi connectivity index (χ4v) is 8.90. The van der Waals surface area contributed by atoms with Crippen LogP contribution in [-0.2, 0) is 23.8 Å². The van der Waals surface area contributed by atoms with Gasteiger partial charge in [0.25, 0.3) is 0 Å². The van der Waals surface area contributed by atoms with E-state index in [4.69, 9.17) is 14.2 Å². The third-order valence-corrected chi connectivity index (χ3v) is 12.1. The minimum absolute atomic E-state index is 0.00875. The zero-order valence-corrected chi connectivity index (χ0v) is 30.1. The Balaban J connectivity index is 1.26. The van der Waals surface area contributed by atoms with Crippen LogP contribution in [0.2, 0.25) is 0 Å². The maximum atomic E-state index is 15.7. The molecule has 3 saturated carbocycles. The first-order valence-corrected chi connectivity index (χ1v) is 19.1. The average Bonchev–Trinajstić information content (AvgIpc) is 3.11. The molecule has 2 unspecified atom stereocenters. The van der Waals surface area contributed by atoms with E-state index in [1.807, 2.05) is 12.1 Å². The number of aliphatic hydroxyl groups is 1. The van der Waals surface area contributed by atoms with E-state index in [1.54, 1.807) is 14.0 Å². The van der Waals surface area contributed by atoms with Crippen molar-refractivity contribution in [2.24, 2.45) is 35.5 Å². The van der Waals surface area contributed by atoms with Crippen LogP contribution in [0.1, 0.15) is 140 Å². The molecule has 1 N–H and O–H groups in total. The molecule has 3 fully saturated rings. The molecule has 0 amide bonds. The lowest BCUT2D eigenvalue weighted by molar-refractivity contribution is -0.153. The summed E-state index contributed by atoms with van der Waals surface area (Å²) in [6.07, 6.45) is 19.5. The molecule has 2 atom stereocenters. The van der Waals surface area contributed by atoms with Crippen LogP contribution in [0.4, 0.5) is 4.39 Å². The number of esters is 2. The van der Waals surface area contributed by atoms with Crippen LogP contribution >= 0.6 is 0 Å². The van der Waals surface area contributed by atoms with Crippen molar-refractivity contribution < 1.29 is 33.3 Å². The Labute approximate surface area is 289 Å². The smallest absolute Gasteiger partial charge is 0.335 e. The van der Waals surface area contributed by atoms with Crippen LogP contribution in [-0.4, -0.2) is 50.6 Å². The van der Waals surface area contributed by atoms with E-state index in [-0.39, 0.29) is 54.9 Å². The van der Waals surface area contributed by atoms with Gasteiger partial charge in [-0.05, 0) is 124 Å². The molecule has 3 aliphatic carbocycles. The second-order valence-corrected chi connectivity index (χ2v) is 15.4. The number of aliphatic hydroxyl groups excluding tert-OH is 1. The van der Waals surface area contributed by atoms with Crippen LogP contribution < -0.4 is 0 Å². The summed E-state index contributed by atoms with van der Waals surface area (Å²) >= 11 is 0. The molecule has 1 aromatic carbocycles. The van der Waals surface area contributed by atoms with E-state index in [2.05, 4.69) is 19.6 Å². The molecule has 0 aromatic heterocycles. The normalized spacial score (nSPS) is 27.5. The molecular weight excluding hydrogens is 607 g/mol. The lowest BCUT2D eigenvalue weighted by Crippen LogP contribution is -2.32.